The van der Waals surface area contributed by atoms with Gasteiger partial charge in [0.15, 0.2) is 6.54 Å². The molecule has 0 saturated carbocycles. The Morgan fingerprint density at radius 1 is 1.50 bits per heavy atom. The summed E-state index contributed by atoms with van der Waals surface area (Å²) in [6.07, 6.45) is 0. The highest BCUT2D eigenvalue weighted by Gasteiger charge is 2.23. The van der Waals surface area contributed by atoms with E-state index in [1.54, 1.807) is 0 Å². The molecule has 0 amide bonds. The van der Waals surface area contributed by atoms with Crippen LogP contribution < -0.4 is 5.84 Å². The van der Waals surface area contributed by atoms with Gasteiger partial charge in [-0.15, -0.1) is 5.84 Å². The largest absolute Gasteiger partial charge is 0.207 e. The third kappa shape index (κ3) is 1.32. The van der Waals surface area contributed by atoms with Gasteiger partial charge in [-0.2, -0.15) is 0 Å². The van der Waals surface area contributed by atoms with Crippen LogP contribution in [0.3, 0.4) is 0 Å². The van der Waals surface area contributed by atoms with Gasteiger partial charge in [-0.3, -0.25) is 0 Å². The fourth-order valence-corrected chi connectivity index (χ4v) is 0.130. The number of hydrogen-bond acceptors (Lipinski definition) is 5. The van der Waals surface area contributed by atoms with E-state index in [2.05, 4.69) is 10.6 Å². The third-order valence-electron chi connectivity index (χ3n) is 0.748. The van der Waals surface area contributed by atoms with E-state index in [4.69, 9.17) is 5.84 Å². The van der Waals surface area contributed by atoms with Crippen molar-refractivity contribution in [2.75, 3.05) is 6.54 Å². The fourth-order valence-electron chi connectivity index (χ4n) is 0.130. The van der Waals surface area contributed by atoms with Crippen molar-refractivity contribution in [2.45, 2.75) is 6.92 Å². The van der Waals surface area contributed by atoms with Crippen LogP contribution in [0.1, 0.15) is 6.92 Å². The minimum absolute atomic E-state index is 0.0764. The Balaban J connectivity index is 3.96. The van der Waals surface area contributed by atoms with Crippen molar-refractivity contribution in [1.82, 2.24) is 0 Å². The predicted molar refractivity (Wildman–Crippen MR) is 26.6 cm³/mol. The SMILES string of the molecule is CC[N+](N)(N=O)N=O. The summed E-state index contributed by atoms with van der Waals surface area (Å²) in [6, 6.07) is 0. The zero-order valence-corrected chi connectivity index (χ0v) is 4.44. The van der Waals surface area contributed by atoms with Crippen LogP contribution in [0.25, 0.3) is 0 Å². The smallest absolute Gasteiger partial charge is 0.121 e. The van der Waals surface area contributed by atoms with E-state index in [1.165, 1.54) is 6.92 Å². The maximum absolute atomic E-state index is 9.59. The molecule has 0 aromatic rings. The minimum atomic E-state index is -1.15. The molecule has 0 bridgehead atoms. The van der Waals surface area contributed by atoms with Crippen LogP contribution in [-0.2, 0) is 0 Å². The molecule has 0 aliphatic rings. The second-order valence-electron chi connectivity index (χ2n) is 1.27. The van der Waals surface area contributed by atoms with Crippen LogP contribution in [0.15, 0.2) is 10.6 Å². The molecule has 8 heavy (non-hydrogen) atoms. The first kappa shape index (κ1) is 7.12. The highest BCUT2D eigenvalue weighted by atomic mass is 16.4. The third-order valence-corrected chi connectivity index (χ3v) is 0.748. The van der Waals surface area contributed by atoms with Gasteiger partial charge < -0.3 is 0 Å². The van der Waals surface area contributed by atoms with Gasteiger partial charge >= 0.3 is 0 Å². The van der Waals surface area contributed by atoms with Gasteiger partial charge in [0.1, 0.15) is 0 Å². The molecule has 0 radical (unpaired) electrons. The van der Waals surface area contributed by atoms with E-state index in [-0.39, 0.29) is 6.54 Å². The van der Waals surface area contributed by atoms with Crippen LogP contribution in [0.2, 0.25) is 0 Å². The van der Waals surface area contributed by atoms with Crippen molar-refractivity contribution in [2.24, 2.45) is 16.4 Å². The van der Waals surface area contributed by atoms with Gasteiger partial charge in [0.25, 0.3) is 0 Å². The van der Waals surface area contributed by atoms with Gasteiger partial charge in [0.05, 0.1) is 4.81 Å². The second kappa shape index (κ2) is 2.43. The Labute approximate surface area is 45.7 Å². The molecule has 0 rings (SSSR count). The molecular formula is C2H7N4O2+. The Hall–Kier alpha value is -0.880. The molecule has 0 aromatic heterocycles. The number of nitrogens with two attached hydrogens (primary N) is 1. The maximum Gasteiger partial charge on any atom is 0.207 e. The second-order valence-corrected chi connectivity index (χ2v) is 1.27. The molecule has 2 N–H and O–H groups in total. The lowest BCUT2D eigenvalue weighted by molar-refractivity contribution is -0.954. The molecule has 0 unspecified atom stereocenters. The zero-order valence-electron chi connectivity index (χ0n) is 4.44. The van der Waals surface area contributed by atoms with Crippen LogP contribution in [0.4, 0.5) is 0 Å². The molecule has 0 saturated heterocycles. The Morgan fingerprint density at radius 2 is 1.88 bits per heavy atom. The highest BCUT2D eigenvalue weighted by molar-refractivity contribution is 4.12. The lowest BCUT2D eigenvalue weighted by atomic mass is 10.8. The average Bonchev–Trinajstić information content (AvgIpc) is 1.87. The summed E-state index contributed by atoms with van der Waals surface area (Å²) in [5.74, 6) is 4.88. The van der Waals surface area contributed by atoms with Crippen LogP contribution >= 0.6 is 0 Å². The standard InChI is InChI=1S/C2H7N4O2/c1-2-6(3,4-7)5-8/h2-3H2,1H3/q+1. The highest BCUT2D eigenvalue weighted by Crippen LogP contribution is 1.95. The van der Waals surface area contributed by atoms with Crippen molar-refractivity contribution in [3.8, 4) is 0 Å². The first-order valence-electron chi connectivity index (χ1n) is 2.05. The fraction of sp³-hybridized carbons (Fsp3) is 1.00. The van der Waals surface area contributed by atoms with Gasteiger partial charge in [-0.1, -0.05) is 9.81 Å². The molecule has 0 aromatic carbocycles. The molecule has 0 aliphatic carbocycles. The van der Waals surface area contributed by atoms with E-state index in [0.717, 1.165) is 0 Å². The summed E-state index contributed by atoms with van der Waals surface area (Å²) in [6.45, 7) is 1.61. The molecule has 6 heteroatoms. The van der Waals surface area contributed by atoms with Gasteiger partial charge in [-0.25, -0.2) is 0 Å². The summed E-state index contributed by atoms with van der Waals surface area (Å²) < 4.78 is 0. The lowest BCUT2D eigenvalue weighted by Gasteiger charge is -2.04. The van der Waals surface area contributed by atoms with Gasteiger partial charge in [0, 0.05) is 0 Å². The van der Waals surface area contributed by atoms with E-state index in [1.807, 2.05) is 0 Å². The van der Waals surface area contributed by atoms with E-state index < -0.39 is 4.81 Å². The van der Waals surface area contributed by atoms with E-state index in [9.17, 15) is 9.81 Å². The normalized spacial score (nSPS) is 10.8. The topological polar surface area (TPSA) is 84.9 Å². The molecule has 6 nitrogen and oxygen atoms in total. The molecule has 0 fully saturated rings. The monoisotopic (exact) mass is 119 g/mol. The number of nitrogens with zero attached hydrogens (tertiary/aromatic N) is 3. The first-order chi connectivity index (χ1) is 3.68. The lowest BCUT2D eigenvalue weighted by Crippen LogP contribution is -2.43. The summed E-state index contributed by atoms with van der Waals surface area (Å²) >= 11 is 0. The van der Waals surface area contributed by atoms with Crippen molar-refractivity contribution in [3.05, 3.63) is 9.81 Å². The molecular weight excluding hydrogens is 112 g/mol. The first-order valence-corrected chi connectivity index (χ1v) is 2.05. The molecule has 0 aliphatic heterocycles. The van der Waals surface area contributed by atoms with Crippen LogP contribution in [-0.4, -0.2) is 11.4 Å². The van der Waals surface area contributed by atoms with Crippen molar-refractivity contribution >= 4 is 0 Å². The molecule has 0 atom stereocenters. The number of rotatable bonds is 3. The van der Waals surface area contributed by atoms with Gasteiger partial charge in [0.2, 0.25) is 10.6 Å². The average molecular weight is 119 g/mol. The van der Waals surface area contributed by atoms with Crippen LogP contribution in [0.5, 0.6) is 0 Å². The Kier molecular flexibility index (Phi) is 2.17. The predicted octanol–water partition coefficient (Wildman–Crippen LogP) is 0.0596. The zero-order chi connectivity index (χ0) is 6.62. The van der Waals surface area contributed by atoms with Crippen molar-refractivity contribution in [1.29, 1.82) is 0 Å². The number of nitroso groups, excluding NO2 is 2. The Morgan fingerprint density at radius 3 is 1.88 bits per heavy atom. The minimum Gasteiger partial charge on any atom is -0.121 e. The molecule has 0 heterocycles. The number of hydrogen-bond donors (Lipinski definition) is 1. The maximum atomic E-state index is 9.59. The van der Waals surface area contributed by atoms with E-state index >= 15 is 0 Å². The summed E-state index contributed by atoms with van der Waals surface area (Å²) in [4.78, 5) is 18.0. The molecule has 0 spiro atoms. The molecule has 46 valence electrons. The van der Waals surface area contributed by atoms with Crippen molar-refractivity contribution < 1.29 is 4.81 Å². The summed E-state index contributed by atoms with van der Waals surface area (Å²) in [5, 5.41) is 4.49. The van der Waals surface area contributed by atoms with Crippen LogP contribution in [0, 0.1) is 9.81 Å². The van der Waals surface area contributed by atoms with Gasteiger partial charge in [-0.05, 0) is 6.92 Å². The summed E-state index contributed by atoms with van der Waals surface area (Å²) in [5.41, 5.74) is 0. The van der Waals surface area contributed by atoms with Crippen molar-refractivity contribution in [3.63, 3.8) is 0 Å². The summed E-state index contributed by atoms with van der Waals surface area (Å²) in [7, 11) is 0. The quantitative estimate of drug-likeness (QED) is 0.246. The van der Waals surface area contributed by atoms with E-state index in [0.29, 0.717) is 0 Å². The number of quaternary nitrogens is 1. The Bertz CT molecular complexity index is 94.2.